The highest BCUT2D eigenvalue weighted by Crippen LogP contribution is 2.29. The molecule has 7 nitrogen and oxygen atoms in total. The predicted molar refractivity (Wildman–Crippen MR) is 105 cm³/mol. The number of piperazine rings is 1. The fraction of sp³-hybridized carbons (Fsp3) is 0.278. The van der Waals surface area contributed by atoms with Gasteiger partial charge in [0.1, 0.15) is 5.69 Å². The molecule has 1 heterocycles. The molecule has 3 rings (SSSR count). The fourth-order valence-electron chi connectivity index (χ4n) is 3.05. The van der Waals surface area contributed by atoms with Gasteiger partial charge in [-0.2, -0.15) is 0 Å². The Labute approximate surface area is 159 Å². The summed E-state index contributed by atoms with van der Waals surface area (Å²) >= 11 is 3.39. The molecule has 0 spiro atoms. The number of amides is 1. The van der Waals surface area contributed by atoms with Crippen LogP contribution in [0, 0.1) is 10.1 Å². The topological polar surface area (TPSA) is 78.7 Å². The number of halogens is 1. The molecule has 1 aliphatic rings. The quantitative estimate of drug-likeness (QED) is 0.608. The lowest BCUT2D eigenvalue weighted by Gasteiger charge is -2.36. The highest BCUT2D eigenvalue weighted by atomic mass is 79.9. The van der Waals surface area contributed by atoms with Crippen molar-refractivity contribution in [1.82, 2.24) is 4.90 Å². The van der Waals surface area contributed by atoms with Gasteiger partial charge in [-0.15, -0.1) is 0 Å². The van der Waals surface area contributed by atoms with Crippen molar-refractivity contribution >= 4 is 38.9 Å². The molecular weight excluding hydrogens is 400 g/mol. The molecule has 8 heteroatoms. The van der Waals surface area contributed by atoms with Gasteiger partial charge >= 0.3 is 0 Å². The molecule has 136 valence electrons. The number of nitro groups is 1. The van der Waals surface area contributed by atoms with E-state index in [1.165, 1.54) is 6.07 Å². The normalized spacial score (nSPS) is 14.2. The van der Waals surface area contributed by atoms with Crippen LogP contribution in [0.3, 0.4) is 0 Å². The van der Waals surface area contributed by atoms with Gasteiger partial charge in [0.15, 0.2) is 0 Å². The van der Waals surface area contributed by atoms with Crippen LogP contribution in [0.2, 0.25) is 0 Å². The molecular formula is C18H19BrN4O3. The van der Waals surface area contributed by atoms with Crippen LogP contribution < -0.4 is 10.2 Å². The minimum absolute atomic E-state index is 0.0190. The zero-order chi connectivity index (χ0) is 18.7. The van der Waals surface area contributed by atoms with Crippen LogP contribution in [0.5, 0.6) is 0 Å². The third-order valence-corrected chi connectivity index (χ3v) is 4.94. The lowest BCUT2D eigenvalue weighted by molar-refractivity contribution is -0.383. The van der Waals surface area contributed by atoms with E-state index < -0.39 is 4.92 Å². The average molecular weight is 419 g/mol. The first-order valence-corrected chi connectivity index (χ1v) is 9.05. The highest BCUT2D eigenvalue weighted by Gasteiger charge is 2.23. The Bertz CT molecular complexity index is 835. The summed E-state index contributed by atoms with van der Waals surface area (Å²) in [5.41, 5.74) is 2.12. The van der Waals surface area contributed by atoms with Crippen LogP contribution in [-0.2, 0) is 0 Å². The Morgan fingerprint density at radius 2 is 1.88 bits per heavy atom. The molecule has 1 N–H and O–H groups in total. The molecule has 1 saturated heterocycles. The number of benzene rings is 2. The number of carbonyl (C=O) groups excluding carboxylic acids is 1. The van der Waals surface area contributed by atoms with Crippen LogP contribution >= 0.6 is 15.9 Å². The highest BCUT2D eigenvalue weighted by molar-refractivity contribution is 9.10. The van der Waals surface area contributed by atoms with Gasteiger partial charge in [-0.05, 0) is 30.3 Å². The Balaban J connectivity index is 1.69. The van der Waals surface area contributed by atoms with Crippen LogP contribution in [0.15, 0.2) is 46.9 Å². The molecule has 0 unspecified atom stereocenters. The van der Waals surface area contributed by atoms with Crippen LogP contribution in [0.1, 0.15) is 10.4 Å². The fourth-order valence-corrected chi connectivity index (χ4v) is 3.45. The van der Waals surface area contributed by atoms with Gasteiger partial charge in [-0.1, -0.05) is 22.0 Å². The number of rotatable bonds is 4. The number of hydrogen-bond acceptors (Lipinski definition) is 5. The Morgan fingerprint density at radius 1 is 1.15 bits per heavy atom. The summed E-state index contributed by atoms with van der Waals surface area (Å²) in [7, 11) is 1.67. The van der Waals surface area contributed by atoms with Crippen molar-refractivity contribution in [3.05, 3.63) is 62.6 Å². The smallest absolute Gasteiger partial charge is 0.292 e. The van der Waals surface area contributed by atoms with Gasteiger partial charge in [0.25, 0.3) is 11.6 Å². The Morgan fingerprint density at radius 3 is 2.50 bits per heavy atom. The van der Waals surface area contributed by atoms with Gasteiger partial charge in [-0.3, -0.25) is 14.9 Å². The molecule has 2 aromatic rings. The number of anilines is 2. The maximum Gasteiger partial charge on any atom is 0.292 e. The van der Waals surface area contributed by atoms with Crippen molar-refractivity contribution < 1.29 is 9.72 Å². The average Bonchev–Trinajstić information content (AvgIpc) is 2.67. The second-order valence-electron chi connectivity index (χ2n) is 6.00. The van der Waals surface area contributed by atoms with Crippen molar-refractivity contribution in [2.45, 2.75) is 0 Å². The van der Waals surface area contributed by atoms with Crippen LogP contribution in [0.4, 0.5) is 17.1 Å². The Hall–Kier alpha value is -2.61. The minimum atomic E-state index is -0.399. The standard InChI is InChI=1S/C18H19BrN4O3/c1-20-16-12-15(5-6-17(16)23(25)26)21-7-9-22(10-8-21)18(24)13-3-2-4-14(19)11-13/h2-6,11-12,20H,7-10H2,1H3. The van der Waals surface area contributed by atoms with Crippen molar-refractivity contribution in [3.8, 4) is 0 Å². The van der Waals surface area contributed by atoms with E-state index in [0.717, 1.165) is 10.2 Å². The molecule has 26 heavy (non-hydrogen) atoms. The van der Waals surface area contributed by atoms with Gasteiger partial charge in [0.05, 0.1) is 4.92 Å². The SMILES string of the molecule is CNc1cc(N2CCN(C(=O)c3cccc(Br)c3)CC2)ccc1[N+](=O)[O-]. The van der Waals surface area contributed by atoms with Crippen LogP contribution in [-0.4, -0.2) is 49.0 Å². The van der Waals surface area contributed by atoms with E-state index in [9.17, 15) is 14.9 Å². The summed E-state index contributed by atoms with van der Waals surface area (Å²) < 4.78 is 0.882. The van der Waals surface area contributed by atoms with E-state index in [-0.39, 0.29) is 11.6 Å². The van der Waals surface area contributed by atoms with Gasteiger partial charge < -0.3 is 15.1 Å². The van der Waals surface area contributed by atoms with E-state index in [2.05, 4.69) is 26.1 Å². The molecule has 0 aromatic heterocycles. The summed E-state index contributed by atoms with van der Waals surface area (Å²) in [6.07, 6.45) is 0. The van der Waals surface area contributed by atoms with Gasteiger partial charge in [0, 0.05) is 55.0 Å². The first-order chi connectivity index (χ1) is 12.5. The van der Waals surface area contributed by atoms with E-state index >= 15 is 0 Å². The molecule has 2 aromatic carbocycles. The van der Waals surface area contributed by atoms with E-state index in [0.29, 0.717) is 37.4 Å². The van der Waals surface area contributed by atoms with Gasteiger partial charge in [-0.25, -0.2) is 0 Å². The zero-order valence-electron chi connectivity index (χ0n) is 14.3. The lowest BCUT2D eigenvalue weighted by Crippen LogP contribution is -2.48. The molecule has 1 aliphatic heterocycles. The van der Waals surface area contributed by atoms with E-state index in [4.69, 9.17) is 0 Å². The predicted octanol–water partition coefficient (Wildman–Crippen LogP) is 3.36. The van der Waals surface area contributed by atoms with E-state index in [1.54, 1.807) is 19.2 Å². The van der Waals surface area contributed by atoms with E-state index in [1.807, 2.05) is 29.2 Å². The maximum atomic E-state index is 12.6. The number of nitrogens with one attached hydrogen (secondary N) is 1. The molecule has 0 aliphatic carbocycles. The largest absolute Gasteiger partial charge is 0.383 e. The number of hydrogen-bond donors (Lipinski definition) is 1. The summed E-state index contributed by atoms with van der Waals surface area (Å²) in [4.78, 5) is 27.2. The second-order valence-corrected chi connectivity index (χ2v) is 6.91. The molecule has 1 amide bonds. The number of nitrogens with zero attached hydrogens (tertiary/aromatic N) is 3. The van der Waals surface area contributed by atoms with Crippen molar-refractivity contribution in [3.63, 3.8) is 0 Å². The summed E-state index contributed by atoms with van der Waals surface area (Å²) in [5, 5.41) is 13.9. The lowest BCUT2D eigenvalue weighted by atomic mass is 10.1. The molecule has 0 atom stereocenters. The molecule has 0 bridgehead atoms. The molecule has 1 fully saturated rings. The van der Waals surface area contributed by atoms with Crippen molar-refractivity contribution in [1.29, 1.82) is 0 Å². The summed E-state index contributed by atoms with van der Waals surface area (Å²) in [6, 6.07) is 12.4. The third kappa shape index (κ3) is 3.80. The summed E-state index contributed by atoms with van der Waals surface area (Å²) in [6.45, 7) is 2.58. The van der Waals surface area contributed by atoms with Crippen LogP contribution in [0.25, 0.3) is 0 Å². The molecule has 0 saturated carbocycles. The monoisotopic (exact) mass is 418 g/mol. The van der Waals surface area contributed by atoms with Gasteiger partial charge in [0.2, 0.25) is 0 Å². The number of carbonyl (C=O) groups is 1. The second kappa shape index (κ2) is 7.74. The minimum Gasteiger partial charge on any atom is -0.383 e. The first kappa shape index (κ1) is 18.2. The van der Waals surface area contributed by atoms with Crippen molar-refractivity contribution in [2.24, 2.45) is 0 Å². The molecule has 0 radical (unpaired) electrons. The number of nitro benzene ring substituents is 1. The maximum absolute atomic E-state index is 12.6. The third-order valence-electron chi connectivity index (χ3n) is 4.45. The first-order valence-electron chi connectivity index (χ1n) is 8.25. The zero-order valence-corrected chi connectivity index (χ0v) is 15.9. The Kier molecular flexibility index (Phi) is 5.41. The summed E-state index contributed by atoms with van der Waals surface area (Å²) in [5.74, 6) is 0.0190. The van der Waals surface area contributed by atoms with Crippen molar-refractivity contribution in [2.75, 3.05) is 43.4 Å².